The fourth-order valence-electron chi connectivity index (χ4n) is 2.63. The first kappa shape index (κ1) is 13.8. The van der Waals surface area contributed by atoms with Crippen molar-refractivity contribution in [2.45, 2.75) is 32.6 Å². The highest BCUT2D eigenvalue weighted by atomic mass is 15.3. The number of piperidine rings is 1. The summed E-state index contributed by atoms with van der Waals surface area (Å²) in [5.74, 6) is 1.66. The molecule has 1 aliphatic heterocycles. The van der Waals surface area contributed by atoms with Gasteiger partial charge in [-0.25, -0.2) is 0 Å². The van der Waals surface area contributed by atoms with E-state index in [1.807, 2.05) is 12.1 Å². The molecule has 0 aliphatic carbocycles. The quantitative estimate of drug-likeness (QED) is 0.938. The first-order valence-corrected chi connectivity index (χ1v) is 7.62. The molecular formula is C16H21N5. The number of aromatic nitrogens is 3. The Morgan fingerprint density at radius 2 is 1.71 bits per heavy atom. The van der Waals surface area contributed by atoms with Crippen LogP contribution in [0.4, 0.5) is 11.9 Å². The smallest absolute Gasteiger partial charge is 0.230 e. The molecule has 2 aromatic rings. The van der Waals surface area contributed by atoms with Crippen LogP contribution in [0.3, 0.4) is 0 Å². The van der Waals surface area contributed by atoms with Gasteiger partial charge >= 0.3 is 0 Å². The molecule has 1 fully saturated rings. The fourth-order valence-corrected chi connectivity index (χ4v) is 2.63. The van der Waals surface area contributed by atoms with E-state index < -0.39 is 0 Å². The van der Waals surface area contributed by atoms with Gasteiger partial charge < -0.3 is 10.6 Å². The van der Waals surface area contributed by atoms with Gasteiger partial charge in [0.2, 0.25) is 11.9 Å². The van der Waals surface area contributed by atoms with Gasteiger partial charge in [0.15, 0.2) is 5.82 Å². The van der Waals surface area contributed by atoms with Crippen LogP contribution in [0.15, 0.2) is 24.3 Å². The van der Waals surface area contributed by atoms with Crippen molar-refractivity contribution in [1.82, 2.24) is 15.0 Å². The van der Waals surface area contributed by atoms with E-state index in [-0.39, 0.29) is 0 Å². The Morgan fingerprint density at radius 3 is 2.38 bits per heavy atom. The Labute approximate surface area is 125 Å². The first-order chi connectivity index (χ1) is 10.3. The predicted molar refractivity (Wildman–Crippen MR) is 85.1 cm³/mol. The van der Waals surface area contributed by atoms with Crippen LogP contribution >= 0.6 is 0 Å². The van der Waals surface area contributed by atoms with Crippen molar-refractivity contribution in [3.63, 3.8) is 0 Å². The number of anilines is 2. The van der Waals surface area contributed by atoms with Crippen molar-refractivity contribution in [2.75, 3.05) is 23.7 Å². The van der Waals surface area contributed by atoms with E-state index in [2.05, 4.69) is 38.9 Å². The predicted octanol–water partition coefficient (Wildman–Crippen LogP) is 2.67. The van der Waals surface area contributed by atoms with Crippen LogP contribution in [0.1, 0.15) is 31.7 Å². The third kappa shape index (κ3) is 3.12. The van der Waals surface area contributed by atoms with Gasteiger partial charge in [0.1, 0.15) is 0 Å². The van der Waals surface area contributed by atoms with Crippen molar-refractivity contribution in [3.8, 4) is 11.4 Å². The van der Waals surface area contributed by atoms with Crippen molar-refractivity contribution in [3.05, 3.63) is 29.8 Å². The minimum atomic E-state index is 0.292. The topological polar surface area (TPSA) is 67.9 Å². The maximum atomic E-state index is 5.87. The number of hydrogen-bond acceptors (Lipinski definition) is 5. The molecule has 1 saturated heterocycles. The van der Waals surface area contributed by atoms with Crippen molar-refractivity contribution in [1.29, 1.82) is 0 Å². The monoisotopic (exact) mass is 283 g/mol. The molecule has 110 valence electrons. The number of rotatable bonds is 3. The van der Waals surface area contributed by atoms with Gasteiger partial charge in [-0.2, -0.15) is 15.0 Å². The van der Waals surface area contributed by atoms with E-state index in [1.54, 1.807) is 0 Å². The van der Waals surface area contributed by atoms with Crippen LogP contribution in [-0.4, -0.2) is 28.0 Å². The summed E-state index contributed by atoms with van der Waals surface area (Å²) in [6.07, 6.45) is 4.68. The second-order valence-corrected chi connectivity index (χ2v) is 5.42. The summed E-state index contributed by atoms with van der Waals surface area (Å²) < 4.78 is 0. The summed E-state index contributed by atoms with van der Waals surface area (Å²) in [6.45, 7) is 4.14. The molecule has 2 heterocycles. The van der Waals surface area contributed by atoms with E-state index >= 15 is 0 Å². The van der Waals surface area contributed by atoms with Gasteiger partial charge in [-0.3, -0.25) is 0 Å². The van der Waals surface area contributed by atoms with Crippen LogP contribution in [-0.2, 0) is 6.42 Å². The highest BCUT2D eigenvalue weighted by Crippen LogP contribution is 2.21. The molecule has 0 saturated carbocycles. The second kappa shape index (κ2) is 6.08. The summed E-state index contributed by atoms with van der Waals surface area (Å²) in [5.41, 5.74) is 8.16. The van der Waals surface area contributed by atoms with Crippen molar-refractivity contribution < 1.29 is 0 Å². The van der Waals surface area contributed by atoms with Crippen LogP contribution in [0.5, 0.6) is 0 Å². The van der Waals surface area contributed by atoms with Crippen LogP contribution in [0.2, 0.25) is 0 Å². The Kier molecular flexibility index (Phi) is 3.99. The van der Waals surface area contributed by atoms with E-state index in [0.717, 1.165) is 25.1 Å². The van der Waals surface area contributed by atoms with E-state index in [9.17, 15) is 0 Å². The van der Waals surface area contributed by atoms with Crippen LogP contribution in [0, 0.1) is 0 Å². The summed E-state index contributed by atoms with van der Waals surface area (Å²) in [6, 6.07) is 8.31. The maximum Gasteiger partial charge on any atom is 0.230 e. The average Bonchev–Trinajstić information content (AvgIpc) is 2.55. The number of benzene rings is 1. The summed E-state index contributed by atoms with van der Waals surface area (Å²) in [5, 5.41) is 0. The zero-order chi connectivity index (χ0) is 14.7. The van der Waals surface area contributed by atoms with Crippen molar-refractivity contribution >= 4 is 11.9 Å². The minimum absolute atomic E-state index is 0.292. The van der Waals surface area contributed by atoms with Gasteiger partial charge in [-0.05, 0) is 31.2 Å². The third-order valence-electron chi connectivity index (χ3n) is 3.90. The molecule has 0 amide bonds. The molecule has 2 N–H and O–H groups in total. The molecule has 0 atom stereocenters. The molecule has 21 heavy (non-hydrogen) atoms. The summed E-state index contributed by atoms with van der Waals surface area (Å²) >= 11 is 0. The number of aryl methyl sites for hydroxylation is 1. The molecule has 1 aromatic carbocycles. The highest BCUT2D eigenvalue weighted by Gasteiger charge is 2.16. The molecule has 0 radical (unpaired) electrons. The van der Waals surface area contributed by atoms with Gasteiger partial charge in [-0.15, -0.1) is 0 Å². The zero-order valence-corrected chi connectivity index (χ0v) is 12.4. The molecule has 1 aliphatic rings. The lowest BCUT2D eigenvalue weighted by Gasteiger charge is -2.26. The SMILES string of the molecule is CCc1ccc(-c2nc(N)nc(N3CCCCC3)n2)cc1. The second-order valence-electron chi connectivity index (χ2n) is 5.42. The third-order valence-corrected chi connectivity index (χ3v) is 3.90. The van der Waals surface area contributed by atoms with Gasteiger partial charge in [0, 0.05) is 18.7 Å². The minimum Gasteiger partial charge on any atom is -0.368 e. The normalized spacial score (nSPS) is 15.2. The molecule has 0 bridgehead atoms. The van der Waals surface area contributed by atoms with E-state index in [1.165, 1.54) is 24.8 Å². The van der Waals surface area contributed by atoms with Crippen LogP contribution < -0.4 is 10.6 Å². The molecule has 5 nitrogen and oxygen atoms in total. The highest BCUT2D eigenvalue weighted by molar-refractivity contribution is 5.58. The number of nitrogen functional groups attached to an aromatic ring is 1. The Morgan fingerprint density at radius 1 is 1.00 bits per heavy atom. The lowest BCUT2D eigenvalue weighted by Crippen LogP contribution is -2.31. The fraction of sp³-hybridized carbons (Fsp3) is 0.438. The molecule has 5 heteroatoms. The number of hydrogen-bond donors (Lipinski definition) is 1. The zero-order valence-electron chi connectivity index (χ0n) is 12.4. The Balaban J connectivity index is 1.92. The van der Waals surface area contributed by atoms with Gasteiger partial charge in [0.05, 0.1) is 0 Å². The maximum absolute atomic E-state index is 5.87. The first-order valence-electron chi connectivity index (χ1n) is 7.62. The van der Waals surface area contributed by atoms with Crippen LogP contribution in [0.25, 0.3) is 11.4 Å². The van der Waals surface area contributed by atoms with Gasteiger partial charge in [-0.1, -0.05) is 31.2 Å². The summed E-state index contributed by atoms with van der Waals surface area (Å²) in [4.78, 5) is 15.4. The standard InChI is InChI=1S/C16H21N5/c1-2-12-6-8-13(9-7-12)14-18-15(17)20-16(19-14)21-10-4-3-5-11-21/h6-9H,2-5,10-11H2,1H3,(H2,17,18,19,20). The lowest BCUT2D eigenvalue weighted by molar-refractivity contribution is 0.568. The average molecular weight is 283 g/mol. The molecule has 1 aromatic heterocycles. The van der Waals surface area contributed by atoms with Gasteiger partial charge in [0.25, 0.3) is 0 Å². The van der Waals surface area contributed by atoms with E-state index in [4.69, 9.17) is 5.73 Å². The largest absolute Gasteiger partial charge is 0.368 e. The number of nitrogens with zero attached hydrogens (tertiary/aromatic N) is 4. The number of nitrogens with two attached hydrogens (primary N) is 1. The lowest BCUT2D eigenvalue weighted by atomic mass is 10.1. The summed E-state index contributed by atoms with van der Waals surface area (Å²) in [7, 11) is 0. The Hall–Kier alpha value is -2.17. The molecule has 0 unspecified atom stereocenters. The molecule has 3 rings (SSSR count). The molecular weight excluding hydrogens is 262 g/mol. The van der Waals surface area contributed by atoms with Crippen molar-refractivity contribution in [2.24, 2.45) is 0 Å². The van der Waals surface area contributed by atoms with E-state index in [0.29, 0.717) is 17.7 Å². The molecule has 0 spiro atoms. The Bertz CT molecular complexity index is 603.